The van der Waals surface area contributed by atoms with Crippen molar-refractivity contribution in [2.24, 2.45) is 10.8 Å². The first-order valence-corrected chi connectivity index (χ1v) is 9.23. The van der Waals surface area contributed by atoms with E-state index in [2.05, 4.69) is 41.5 Å². The molecule has 26 heavy (non-hydrogen) atoms. The van der Waals surface area contributed by atoms with Crippen LogP contribution in [0.5, 0.6) is 0 Å². The maximum atomic E-state index is 10.0. The van der Waals surface area contributed by atoms with Crippen LogP contribution in [0.4, 0.5) is 0 Å². The maximum absolute atomic E-state index is 10.0. The fourth-order valence-corrected chi connectivity index (χ4v) is 2.20. The van der Waals surface area contributed by atoms with E-state index in [1.165, 1.54) is 12.8 Å². The summed E-state index contributed by atoms with van der Waals surface area (Å²) >= 11 is 0. The summed E-state index contributed by atoms with van der Waals surface area (Å²) in [6.45, 7) is 13.2. The first kappa shape index (κ1) is 34.0. The van der Waals surface area contributed by atoms with Crippen molar-refractivity contribution < 1.29 is 39.3 Å². The summed E-state index contributed by atoms with van der Waals surface area (Å²) in [6, 6.07) is 0. The average Bonchev–Trinajstić information content (AvgIpc) is 2.35. The Balaban J connectivity index is -0.000000173. The number of unbranched alkanes of at least 4 members (excludes halogenated alkanes) is 4. The zero-order valence-electron chi connectivity index (χ0n) is 17.9. The number of hydrogen-bond donors (Lipinski definition) is 0. The van der Waals surface area contributed by atoms with Gasteiger partial charge in [0.15, 0.2) is 0 Å². The molecule has 0 saturated heterocycles. The zero-order valence-corrected chi connectivity index (χ0v) is 24.3. The number of carbonyl (C=O) groups excluding carboxylic acids is 2. The second kappa shape index (κ2) is 18.8. The summed E-state index contributed by atoms with van der Waals surface area (Å²) in [5.41, 5.74) is 0.753. The molecule has 0 amide bonds. The Kier molecular flexibility index (Phi) is 24.6. The second-order valence-corrected chi connectivity index (χ2v) is 8.99. The number of carboxylic acids is 2. The fourth-order valence-electron chi connectivity index (χ4n) is 2.20. The SMILES string of the molecule is CC(C)(C)CCCCCC(=O)[O-].CC(C)(C)CCCCCC(=O)[O-].[Bi].[Zn+2]. The summed E-state index contributed by atoms with van der Waals surface area (Å²) in [5, 5.41) is 20.1. The molecule has 4 nitrogen and oxygen atoms in total. The van der Waals surface area contributed by atoms with Crippen LogP contribution >= 0.6 is 0 Å². The van der Waals surface area contributed by atoms with Gasteiger partial charge in [-0.3, -0.25) is 0 Å². The maximum Gasteiger partial charge on any atom is 2.00 e. The molecule has 3 radical (unpaired) electrons. The Morgan fingerprint density at radius 3 is 1.08 bits per heavy atom. The number of carboxylic acid groups (broad SMARTS) is 2. The molecule has 0 rings (SSSR count). The minimum Gasteiger partial charge on any atom is -0.550 e. The number of rotatable bonds is 10. The van der Waals surface area contributed by atoms with Crippen molar-refractivity contribution in [3.8, 4) is 0 Å². The van der Waals surface area contributed by atoms with Crippen LogP contribution in [-0.2, 0) is 29.1 Å². The molecule has 0 bridgehead atoms. The van der Waals surface area contributed by atoms with Crippen LogP contribution in [0, 0.1) is 10.8 Å². The van der Waals surface area contributed by atoms with Gasteiger partial charge in [0.05, 0.1) is 0 Å². The minimum atomic E-state index is -0.925. The van der Waals surface area contributed by atoms with Crippen molar-refractivity contribution in [2.75, 3.05) is 0 Å². The van der Waals surface area contributed by atoms with Gasteiger partial charge in [-0.25, -0.2) is 0 Å². The first-order valence-electron chi connectivity index (χ1n) is 9.23. The Labute approximate surface area is 193 Å². The van der Waals surface area contributed by atoms with Gasteiger partial charge in [0.25, 0.3) is 0 Å². The molecule has 0 aliphatic carbocycles. The van der Waals surface area contributed by atoms with Crippen LogP contribution in [-0.4, -0.2) is 38.1 Å². The van der Waals surface area contributed by atoms with Crippen molar-refractivity contribution in [2.45, 2.75) is 106 Å². The van der Waals surface area contributed by atoms with E-state index in [0.717, 1.165) is 38.5 Å². The molecule has 0 aromatic rings. The van der Waals surface area contributed by atoms with Crippen LogP contribution in [0.2, 0.25) is 0 Å². The van der Waals surface area contributed by atoms with Crippen LogP contribution < -0.4 is 10.2 Å². The molecule has 0 atom stereocenters. The molecule has 0 saturated carbocycles. The summed E-state index contributed by atoms with van der Waals surface area (Å²) in [5.74, 6) is -1.85. The van der Waals surface area contributed by atoms with Gasteiger partial charge < -0.3 is 19.8 Å². The van der Waals surface area contributed by atoms with E-state index >= 15 is 0 Å². The van der Waals surface area contributed by atoms with E-state index < -0.39 is 11.9 Å². The number of aliphatic carboxylic acids is 2. The first-order chi connectivity index (χ1) is 10.8. The molecule has 0 N–H and O–H groups in total. The van der Waals surface area contributed by atoms with Crippen molar-refractivity contribution in [3.05, 3.63) is 0 Å². The van der Waals surface area contributed by atoms with E-state index in [4.69, 9.17) is 0 Å². The molecule has 0 fully saturated rings. The Morgan fingerprint density at radius 1 is 0.615 bits per heavy atom. The zero-order chi connectivity index (χ0) is 19.2. The van der Waals surface area contributed by atoms with Crippen LogP contribution in [0.1, 0.15) is 106 Å². The third-order valence-electron chi connectivity index (χ3n) is 3.62. The quantitative estimate of drug-likeness (QED) is 0.279. The van der Waals surface area contributed by atoms with E-state index in [-0.39, 0.29) is 58.5 Å². The third-order valence-corrected chi connectivity index (χ3v) is 3.62. The van der Waals surface area contributed by atoms with Crippen molar-refractivity contribution >= 4 is 38.1 Å². The number of hydrogen-bond acceptors (Lipinski definition) is 4. The van der Waals surface area contributed by atoms with Gasteiger partial charge in [-0.1, -0.05) is 67.2 Å². The molecular formula is C20H38BiO4Zn. The number of carbonyl (C=O) groups is 2. The molecule has 0 heterocycles. The molecule has 0 aromatic heterocycles. The van der Waals surface area contributed by atoms with E-state index in [0.29, 0.717) is 10.8 Å². The van der Waals surface area contributed by atoms with E-state index in [1.807, 2.05) is 0 Å². The van der Waals surface area contributed by atoms with Gasteiger partial charge in [-0.15, -0.1) is 0 Å². The summed E-state index contributed by atoms with van der Waals surface area (Å²) in [4.78, 5) is 20.1. The van der Waals surface area contributed by atoms with Gasteiger partial charge in [0.2, 0.25) is 0 Å². The molecule has 0 aliphatic heterocycles. The molecule has 0 unspecified atom stereocenters. The van der Waals surface area contributed by atoms with Crippen LogP contribution in [0.3, 0.4) is 0 Å². The summed E-state index contributed by atoms with van der Waals surface area (Å²) in [6.07, 6.45) is 8.54. The van der Waals surface area contributed by atoms with Gasteiger partial charge in [-0.05, 0) is 49.4 Å². The molecule has 6 heteroatoms. The molecule has 0 spiro atoms. The molecule has 0 aromatic carbocycles. The predicted octanol–water partition coefficient (Wildman–Crippen LogP) is 3.08. The predicted molar refractivity (Wildman–Crippen MR) is 101 cm³/mol. The second-order valence-electron chi connectivity index (χ2n) is 8.99. The largest absolute Gasteiger partial charge is 2.00 e. The topological polar surface area (TPSA) is 80.3 Å². The summed E-state index contributed by atoms with van der Waals surface area (Å²) in [7, 11) is 0. The Bertz CT molecular complexity index is 313. The minimum absolute atomic E-state index is 0. The Morgan fingerprint density at radius 2 is 0.885 bits per heavy atom. The Hall–Kier alpha value is 0.446. The smallest absolute Gasteiger partial charge is 0.550 e. The van der Waals surface area contributed by atoms with Crippen molar-refractivity contribution in [1.82, 2.24) is 0 Å². The molecule has 0 aliphatic rings. The monoisotopic (exact) mass is 615 g/mol. The fraction of sp³-hybridized carbons (Fsp3) is 0.900. The molecule has 149 valence electrons. The van der Waals surface area contributed by atoms with E-state index in [9.17, 15) is 19.8 Å². The van der Waals surface area contributed by atoms with Crippen LogP contribution in [0.25, 0.3) is 0 Å². The van der Waals surface area contributed by atoms with Gasteiger partial charge >= 0.3 is 19.5 Å². The van der Waals surface area contributed by atoms with E-state index in [1.54, 1.807) is 0 Å². The third kappa shape index (κ3) is 39.5. The van der Waals surface area contributed by atoms with Crippen LogP contribution in [0.15, 0.2) is 0 Å². The van der Waals surface area contributed by atoms with Crippen molar-refractivity contribution in [3.63, 3.8) is 0 Å². The van der Waals surface area contributed by atoms with Gasteiger partial charge in [0.1, 0.15) is 0 Å². The normalized spacial score (nSPS) is 10.7. The average molecular weight is 617 g/mol. The standard InChI is InChI=1S/2C10H20O2.Bi.Zn/c2*1-10(2,3)8-6-4-5-7-9(11)12;;/h2*4-8H2,1-3H3,(H,11,12);;/q;;;+2/p-2. The summed E-state index contributed by atoms with van der Waals surface area (Å²) < 4.78 is 0. The molecular weight excluding hydrogens is 579 g/mol. The van der Waals surface area contributed by atoms with Gasteiger partial charge in [-0.2, -0.15) is 0 Å². The van der Waals surface area contributed by atoms with Crippen molar-refractivity contribution in [1.29, 1.82) is 0 Å². The van der Waals surface area contributed by atoms with Gasteiger partial charge in [0, 0.05) is 38.1 Å².